The van der Waals surface area contributed by atoms with Crippen LogP contribution in [0.4, 0.5) is 11.4 Å². The Bertz CT molecular complexity index is 1290. The summed E-state index contributed by atoms with van der Waals surface area (Å²) < 4.78 is 11.2. The Hall–Kier alpha value is -4.06. The summed E-state index contributed by atoms with van der Waals surface area (Å²) in [5, 5.41) is 0. The van der Waals surface area contributed by atoms with Crippen molar-refractivity contribution in [3.63, 3.8) is 0 Å². The number of nitrogens with zero attached hydrogens (tertiary/aromatic N) is 2. The van der Waals surface area contributed by atoms with Gasteiger partial charge in [0.05, 0.1) is 24.5 Å². The molecule has 3 aromatic carbocycles. The molecule has 2 aliphatic rings. The Labute approximate surface area is 199 Å². The standard InChI is InChI=1S/C28H26N2O4/c1-18(2)34-24-11-7-6-10-23(24)30-27(31)25(20-12-14-21(33-3)15-13-20)26(28(30)32)29-17-16-19-8-4-5-9-22(19)29/h4-15,18H,16-17H2,1-3H3. The molecule has 34 heavy (non-hydrogen) atoms. The maximum atomic E-state index is 14.0. The topological polar surface area (TPSA) is 59.1 Å². The lowest BCUT2D eigenvalue weighted by Gasteiger charge is -2.23. The highest BCUT2D eigenvalue weighted by atomic mass is 16.5. The summed E-state index contributed by atoms with van der Waals surface area (Å²) in [4.78, 5) is 31.1. The van der Waals surface area contributed by atoms with Crippen molar-refractivity contribution in [2.75, 3.05) is 23.5 Å². The Morgan fingerprint density at radius 3 is 2.21 bits per heavy atom. The van der Waals surface area contributed by atoms with Gasteiger partial charge >= 0.3 is 0 Å². The van der Waals surface area contributed by atoms with Crippen LogP contribution in [-0.2, 0) is 16.0 Å². The molecular weight excluding hydrogens is 428 g/mol. The minimum Gasteiger partial charge on any atom is -0.497 e. The van der Waals surface area contributed by atoms with E-state index in [2.05, 4.69) is 6.07 Å². The third-order valence-corrected chi connectivity index (χ3v) is 6.06. The van der Waals surface area contributed by atoms with Gasteiger partial charge in [0.25, 0.3) is 11.8 Å². The molecule has 0 saturated heterocycles. The number of hydrogen-bond donors (Lipinski definition) is 0. The maximum Gasteiger partial charge on any atom is 0.282 e. The van der Waals surface area contributed by atoms with Crippen molar-refractivity contribution in [2.45, 2.75) is 26.4 Å². The molecule has 2 aliphatic heterocycles. The van der Waals surface area contributed by atoms with Crippen molar-refractivity contribution >= 4 is 28.8 Å². The molecule has 0 N–H and O–H groups in total. The van der Waals surface area contributed by atoms with Crippen LogP contribution in [-0.4, -0.2) is 31.6 Å². The number of hydrogen-bond acceptors (Lipinski definition) is 5. The summed E-state index contributed by atoms with van der Waals surface area (Å²) in [6.07, 6.45) is 0.706. The van der Waals surface area contributed by atoms with Crippen molar-refractivity contribution in [3.8, 4) is 11.5 Å². The van der Waals surface area contributed by atoms with E-state index in [-0.39, 0.29) is 17.9 Å². The zero-order valence-corrected chi connectivity index (χ0v) is 19.4. The first-order valence-corrected chi connectivity index (χ1v) is 11.4. The molecule has 0 aromatic heterocycles. The van der Waals surface area contributed by atoms with E-state index in [1.54, 1.807) is 37.4 Å². The first-order chi connectivity index (χ1) is 16.5. The number of imide groups is 1. The number of anilines is 2. The molecule has 6 nitrogen and oxygen atoms in total. The molecule has 0 saturated carbocycles. The highest BCUT2D eigenvalue weighted by Crippen LogP contribution is 2.42. The number of ether oxygens (including phenoxy) is 2. The molecule has 0 unspecified atom stereocenters. The molecule has 2 amide bonds. The fourth-order valence-corrected chi connectivity index (χ4v) is 4.57. The lowest BCUT2D eigenvalue weighted by molar-refractivity contribution is -0.120. The molecular formula is C28H26N2O4. The average Bonchev–Trinajstić information content (AvgIpc) is 3.37. The molecule has 0 radical (unpaired) electrons. The number of methoxy groups -OCH3 is 1. The SMILES string of the molecule is COc1ccc(C2=C(N3CCc4ccccc43)C(=O)N(c3ccccc3OC(C)C)C2=O)cc1. The van der Waals surface area contributed by atoms with E-state index < -0.39 is 0 Å². The van der Waals surface area contributed by atoms with E-state index in [1.165, 1.54) is 4.90 Å². The monoisotopic (exact) mass is 454 g/mol. The number of benzene rings is 3. The van der Waals surface area contributed by atoms with E-state index in [1.807, 2.05) is 55.1 Å². The minimum atomic E-state index is -0.366. The molecule has 0 aliphatic carbocycles. The van der Waals surface area contributed by atoms with Gasteiger partial charge in [-0.05, 0) is 61.7 Å². The molecule has 6 heteroatoms. The average molecular weight is 455 g/mol. The lowest BCUT2D eigenvalue weighted by atomic mass is 10.0. The number of para-hydroxylation sites is 3. The van der Waals surface area contributed by atoms with Gasteiger partial charge in [0, 0.05) is 12.2 Å². The molecule has 172 valence electrons. The summed E-state index contributed by atoms with van der Waals surface area (Å²) in [6.45, 7) is 4.46. The number of carbonyl (C=O) groups excluding carboxylic acids is 2. The van der Waals surface area contributed by atoms with Crippen molar-refractivity contribution in [1.29, 1.82) is 0 Å². The minimum absolute atomic E-state index is 0.104. The van der Waals surface area contributed by atoms with Crippen molar-refractivity contribution in [2.24, 2.45) is 0 Å². The van der Waals surface area contributed by atoms with Crippen molar-refractivity contribution < 1.29 is 19.1 Å². The lowest BCUT2D eigenvalue weighted by Crippen LogP contribution is -2.35. The molecule has 0 atom stereocenters. The Balaban J connectivity index is 1.66. The first kappa shape index (κ1) is 21.8. The third kappa shape index (κ3) is 3.61. The predicted molar refractivity (Wildman–Crippen MR) is 132 cm³/mol. The Kier molecular flexibility index (Phi) is 5.57. The van der Waals surface area contributed by atoms with Gasteiger partial charge in [-0.25, -0.2) is 4.90 Å². The van der Waals surface area contributed by atoms with Gasteiger partial charge in [-0.1, -0.05) is 42.5 Å². The zero-order valence-electron chi connectivity index (χ0n) is 19.4. The van der Waals surface area contributed by atoms with Gasteiger partial charge < -0.3 is 14.4 Å². The first-order valence-electron chi connectivity index (χ1n) is 11.4. The van der Waals surface area contributed by atoms with E-state index >= 15 is 0 Å². The van der Waals surface area contributed by atoms with Crippen LogP contribution < -0.4 is 19.3 Å². The van der Waals surface area contributed by atoms with Crippen LogP contribution in [0.25, 0.3) is 5.57 Å². The molecule has 3 aromatic rings. The molecule has 0 spiro atoms. The molecule has 5 rings (SSSR count). The van der Waals surface area contributed by atoms with Crippen LogP contribution in [0.15, 0.2) is 78.5 Å². The third-order valence-electron chi connectivity index (χ3n) is 6.06. The number of fused-ring (bicyclic) bond motifs is 1. The summed E-state index contributed by atoms with van der Waals surface area (Å²) >= 11 is 0. The van der Waals surface area contributed by atoms with Crippen LogP contribution >= 0.6 is 0 Å². The quantitative estimate of drug-likeness (QED) is 0.500. The van der Waals surface area contributed by atoms with Gasteiger partial charge in [-0.15, -0.1) is 0 Å². The van der Waals surface area contributed by atoms with Gasteiger partial charge in [0.15, 0.2) is 0 Å². The predicted octanol–water partition coefficient (Wildman–Crippen LogP) is 4.83. The molecule has 0 fully saturated rings. The van der Waals surface area contributed by atoms with E-state index in [0.717, 1.165) is 17.7 Å². The zero-order chi connectivity index (χ0) is 23.8. The summed E-state index contributed by atoms with van der Waals surface area (Å²) in [5.74, 6) is 0.458. The van der Waals surface area contributed by atoms with E-state index in [0.29, 0.717) is 40.6 Å². The largest absolute Gasteiger partial charge is 0.497 e. The van der Waals surface area contributed by atoms with Crippen molar-refractivity contribution in [1.82, 2.24) is 0 Å². The Morgan fingerprint density at radius 1 is 0.824 bits per heavy atom. The normalized spacial score (nSPS) is 15.4. The molecule has 0 bridgehead atoms. The Morgan fingerprint density at radius 2 is 1.50 bits per heavy atom. The summed E-state index contributed by atoms with van der Waals surface area (Å²) in [6, 6.07) is 22.4. The molecule has 2 heterocycles. The van der Waals surface area contributed by atoms with E-state index in [9.17, 15) is 9.59 Å². The smallest absolute Gasteiger partial charge is 0.282 e. The second kappa shape index (κ2) is 8.71. The highest BCUT2D eigenvalue weighted by Gasteiger charge is 2.45. The number of carbonyl (C=O) groups is 2. The van der Waals surface area contributed by atoms with Crippen LogP contribution in [0.2, 0.25) is 0 Å². The fourth-order valence-electron chi connectivity index (χ4n) is 4.57. The van der Waals surface area contributed by atoms with Crippen LogP contribution in [0.5, 0.6) is 11.5 Å². The highest BCUT2D eigenvalue weighted by molar-refractivity contribution is 6.46. The second-order valence-corrected chi connectivity index (χ2v) is 8.56. The second-order valence-electron chi connectivity index (χ2n) is 8.56. The van der Waals surface area contributed by atoms with Gasteiger partial charge in [-0.2, -0.15) is 0 Å². The summed E-state index contributed by atoms with van der Waals surface area (Å²) in [7, 11) is 1.60. The maximum absolute atomic E-state index is 14.0. The number of amides is 2. The van der Waals surface area contributed by atoms with Gasteiger partial charge in [-0.3, -0.25) is 9.59 Å². The van der Waals surface area contributed by atoms with Crippen molar-refractivity contribution in [3.05, 3.63) is 89.6 Å². The van der Waals surface area contributed by atoms with Gasteiger partial charge in [0.2, 0.25) is 0 Å². The fraction of sp³-hybridized carbons (Fsp3) is 0.214. The number of rotatable bonds is 6. The van der Waals surface area contributed by atoms with Gasteiger partial charge in [0.1, 0.15) is 17.2 Å². The van der Waals surface area contributed by atoms with Crippen LogP contribution in [0, 0.1) is 0 Å². The summed E-state index contributed by atoms with van der Waals surface area (Å²) in [5.41, 5.74) is 4.00. The van der Waals surface area contributed by atoms with Crippen LogP contribution in [0.3, 0.4) is 0 Å². The van der Waals surface area contributed by atoms with E-state index in [4.69, 9.17) is 9.47 Å². The van der Waals surface area contributed by atoms with Crippen LogP contribution in [0.1, 0.15) is 25.0 Å².